The standard InChI is InChI=1S/C14H22N3O3PS3/c1-10(2)20-21(4,22)13(19-14(18)16-3)12(15)23-24-17-11-8-6-5-7-9-11/h5-10,13,15,17H,1-4H3,(H,16,18). The monoisotopic (exact) mass is 407 g/mol. The summed E-state index contributed by atoms with van der Waals surface area (Å²) in [5, 5.41) is 10.8. The Bertz CT molecular complexity index is 601. The Kier molecular flexibility index (Phi) is 9.15. The highest BCUT2D eigenvalue weighted by atomic mass is 33.1. The molecule has 6 nitrogen and oxygen atoms in total. The molecule has 2 unspecified atom stereocenters. The van der Waals surface area contributed by atoms with E-state index in [9.17, 15) is 4.79 Å². The van der Waals surface area contributed by atoms with Crippen LogP contribution in [0.25, 0.3) is 0 Å². The molecule has 0 spiro atoms. The smallest absolute Gasteiger partial charge is 0.408 e. The summed E-state index contributed by atoms with van der Waals surface area (Å²) < 4.78 is 14.2. The summed E-state index contributed by atoms with van der Waals surface area (Å²) in [5.74, 6) is -0.884. The summed E-state index contributed by atoms with van der Waals surface area (Å²) in [4.78, 5) is 11.6. The van der Waals surface area contributed by atoms with Gasteiger partial charge in [0.1, 0.15) is 11.3 Å². The topological polar surface area (TPSA) is 83.4 Å². The fourth-order valence-electron chi connectivity index (χ4n) is 1.66. The maximum Gasteiger partial charge on any atom is 0.408 e. The van der Waals surface area contributed by atoms with E-state index in [1.165, 1.54) is 18.0 Å². The fourth-order valence-corrected chi connectivity index (χ4v) is 6.90. The second-order valence-corrected chi connectivity index (χ2v) is 11.7. The van der Waals surface area contributed by atoms with Crippen molar-refractivity contribution < 1.29 is 14.1 Å². The van der Waals surface area contributed by atoms with Gasteiger partial charge in [0.05, 0.1) is 6.10 Å². The van der Waals surface area contributed by atoms with E-state index in [0.29, 0.717) is 0 Å². The lowest BCUT2D eigenvalue weighted by Gasteiger charge is -2.28. The summed E-state index contributed by atoms with van der Waals surface area (Å²) in [5.41, 5.74) is 0.918. The molecule has 0 bridgehead atoms. The highest BCUT2D eigenvalue weighted by molar-refractivity contribution is 8.82. The average molecular weight is 408 g/mol. The van der Waals surface area contributed by atoms with Gasteiger partial charge in [-0.2, -0.15) is 0 Å². The number of nitrogens with one attached hydrogen (secondary N) is 3. The predicted molar refractivity (Wildman–Crippen MR) is 109 cm³/mol. The molecule has 0 heterocycles. The molecule has 0 aliphatic rings. The maximum atomic E-state index is 11.6. The van der Waals surface area contributed by atoms with Crippen LogP contribution in [0.2, 0.25) is 0 Å². The van der Waals surface area contributed by atoms with Gasteiger partial charge in [-0.05, 0) is 43.4 Å². The molecule has 0 aliphatic carbocycles. The number of benzene rings is 1. The van der Waals surface area contributed by atoms with E-state index in [4.69, 9.17) is 26.5 Å². The Labute approximate surface area is 156 Å². The van der Waals surface area contributed by atoms with E-state index < -0.39 is 18.2 Å². The number of anilines is 1. The van der Waals surface area contributed by atoms with E-state index in [2.05, 4.69) is 10.0 Å². The van der Waals surface area contributed by atoms with Gasteiger partial charge in [-0.3, -0.25) is 5.41 Å². The number of rotatable bonds is 8. The van der Waals surface area contributed by atoms with E-state index in [1.807, 2.05) is 44.2 Å². The predicted octanol–water partition coefficient (Wildman–Crippen LogP) is 4.50. The Morgan fingerprint density at radius 2 is 1.96 bits per heavy atom. The summed E-state index contributed by atoms with van der Waals surface area (Å²) in [6.07, 6.45) is -3.27. The summed E-state index contributed by atoms with van der Waals surface area (Å²) >= 11 is 5.53. The third kappa shape index (κ3) is 7.44. The zero-order valence-corrected chi connectivity index (χ0v) is 17.3. The van der Waals surface area contributed by atoms with Crippen molar-refractivity contribution in [3.8, 4) is 0 Å². The first-order chi connectivity index (χ1) is 11.3. The summed E-state index contributed by atoms with van der Waals surface area (Å²) in [6.45, 7) is 5.47. The molecule has 0 saturated heterocycles. The normalized spacial score (nSPS) is 14.5. The molecule has 3 N–H and O–H groups in total. The van der Waals surface area contributed by atoms with Crippen molar-refractivity contribution >= 4 is 56.7 Å². The number of carbonyl (C=O) groups is 1. The molecule has 1 rings (SSSR count). The molecule has 2 atom stereocenters. The fraction of sp³-hybridized carbons (Fsp3) is 0.429. The molecule has 24 heavy (non-hydrogen) atoms. The largest absolute Gasteiger partial charge is 0.431 e. The molecule has 0 aliphatic heterocycles. The van der Waals surface area contributed by atoms with Crippen LogP contribution in [0.4, 0.5) is 10.5 Å². The van der Waals surface area contributed by atoms with E-state index in [1.54, 1.807) is 6.66 Å². The molecule has 0 aromatic heterocycles. The number of ether oxygens (including phenoxy) is 1. The molecule has 0 radical (unpaired) electrons. The van der Waals surface area contributed by atoms with Crippen molar-refractivity contribution in [2.45, 2.75) is 25.8 Å². The van der Waals surface area contributed by atoms with Crippen molar-refractivity contribution in [2.24, 2.45) is 0 Å². The molecule has 1 amide bonds. The summed E-state index contributed by atoms with van der Waals surface area (Å²) in [6, 6.07) is 9.59. The second kappa shape index (κ2) is 10.3. The quantitative estimate of drug-likeness (QED) is 0.192. The van der Waals surface area contributed by atoms with Gasteiger partial charge < -0.3 is 19.3 Å². The van der Waals surface area contributed by atoms with Crippen LogP contribution in [0.5, 0.6) is 0 Å². The zero-order valence-electron chi connectivity index (χ0n) is 13.9. The summed E-state index contributed by atoms with van der Waals surface area (Å²) in [7, 11) is 3.87. The van der Waals surface area contributed by atoms with Gasteiger partial charge in [0.2, 0.25) is 5.85 Å². The highest BCUT2D eigenvalue weighted by Crippen LogP contribution is 2.52. The van der Waals surface area contributed by atoms with Gasteiger partial charge in [-0.15, -0.1) is 0 Å². The second-order valence-electron chi connectivity index (χ2n) is 5.07. The number of amides is 1. The number of alkyl carbamates (subject to hydrolysis) is 1. The van der Waals surface area contributed by atoms with Crippen molar-refractivity contribution in [1.29, 1.82) is 5.41 Å². The van der Waals surface area contributed by atoms with Crippen molar-refractivity contribution in [1.82, 2.24) is 5.32 Å². The minimum absolute atomic E-state index is 0.107. The number of carbonyl (C=O) groups excluding carboxylic acids is 1. The molecule has 0 fully saturated rings. The Morgan fingerprint density at radius 1 is 1.33 bits per heavy atom. The third-order valence-corrected chi connectivity index (χ3v) is 7.46. The SMILES string of the molecule is CNC(=O)OC(C(=N)SSNc1ccccc1)P(C)(=S)OC(C)C. The minimum Gasteiger partial charge on any atom is -0.431 e. The first-order valence-electron chi connectivity index (χ1n) is 7.13. The molecular formula is C14H22N3O3PS3. The Hall–Kier alpha value is -0.730. The molecule has 10 heteroatoms. The lowest BCUT2D eigenvalue weighted by atomic mass is 10.3. The lowest BCUT2D eigenvalue weighted by Crippen LogP contribution is -2.31. The van der Waals surface area contributed by atoms with Crippen LogP contribution in [0.1, 0.15) is 13.8 Å². The van der Waals surface area contributed by atoms with Crippen LogP contribution in [0.3, 0.4) is 0 Å². The van der Waals surface area contributed by atoms with Gasteiger partial charge in [-0.25, -0.2) is 4.79 Å². The van der Waals surface area contributed by atoms with E-state index in [-0.39, 0.29) is 11.1 Å². The van der Waals surface area contributed by atoms with Crippen LogP contribution in [0.15, 0.2) is 30.3 Å². The third-order valence-electron chi connectivity index (χ3n) is 2.56. The van der Waals surface area contributed by atoms with Gasteiger partial charge in [0, 0.05) is 23.7 Å². The van der Waals surface area contributed by atoms with Gasteiger partial charge in [0.15, 0.2) is 0 Å². The molecule has 1 aromatic rings. The molecule has 0 saturated carbocycles. The Balaban J connectivity index is 2.72. The van der Waals surface area contributed by atoms with Gasteiger partial charge in [-0.1, -0.05) is 30.0 Å². The molecular weight excluding hydrogens is 385 g/mol. The maximum absolute atomic E-state index is 11.6. The van der Waals surface area contributed by atoms with Crippen LogP contribution in [0, 0.1) is 5.41 Å². The van der Waals surface area contributed by atoms with Crippen LogP contribution < -0.4 is 10.0 Å². The van der Waals surface area contributed by atoms with Crippen LogP contribution in [-0.2, 0) is 21.1 Å². The van der Waals surface area contributed by atoms with Crippen molar-refractivity contribution in [3.63, 3.8) is 0 Å². The highest BCUT2D eigenvalue weighted by Gasteiger charge is 2.34. The minimum atomic E-state index is -2.53. The zero-order chi connectivity index (χ0) is 18.2. The molecule has 134 valence electrons. The van der Waals surface area contributed by atoms with Gasteiger partial charge in [0.25, 0.3) is 0 Å². The van der Waals surface area contributed by atoms with Crippen LogP contribution >= 0.6 is 28.0 Å². The first kappa shape index (κ1) is 21.3. The number of para-hydroxylation sites is 1. The van der Waals surface area contributed by atoms with Crippen molar-refractivity contribution in [2.75, 3.05) is 18.4 Å². The lowest BCUT2D eigenvalue weighted by molar-refractivity contribution is 0.147. The average Bonchev–Trinajstić information content (AvgIpc) is 2.51. The first-order valence-corrected chi connectivity index (χ1v) is 12.5. The molecule has 1 aromatic carbocycles. The van der Waals surface area contributed by atoms with Crippen LogP contribution in [-0.4, -0.2) is 36.8 Å². The van der Waals surface area contributed by atoms with E-state index >= 15 is 0 Å². The van der Waals surface area contributed by atoms with E-state index in [0.717, 1.165) is 16.5 Å². The number of hydrogen-bond donors (Lipinski definition) is 3. The Morgan fingerprint density at radius 3 is 2.50 bits per heavy atom. The van der Waals surface area contributed by atoms with Gasteiger partial charge >= 0.3 is 6.09 Å². The van der Waals surface area contributed by atoms with Crippen molar-refractivity contribution in [3.05, 3.63) is 30.3 Å². The number of hydrogen-bond acceptors (Lipinski definition) is 8.